The number of amides is 1. The molecular formula is C20H21N3O2S2. The Morgan fingerprint density at radius 3 is 2.52 bits per heavy atom. The zero-order valence-corrected chi connectivity index (χ0v) is 17.3. The predicted octanol–water partition coefficient (Wildman–Crippen LogP) is 5.19. The molecule has 1 amide bonds. The summed E-state index contributed by atoms with van der Waals surface area (Å²) in [5.41, 5.74) is 3.97. The Kier molecular flexibility index (Phi) is 6.23. The van der Waals surface area contributed by atoms with Gasteiger partial charge >= 0.3 is 0 Å². The number of hydrogen-bond acceptors (Lipinski definition) is 6. The number of nitrogens with one attached hydrogen (secondary N) is 1. The lowest BCUT2D eigenvalue weighted by molar-refractivity contribution is -0.115. The Hall–Kier alpha value is -2.25. The standard InChI is InChI=1S/C20H21N3O2S2/c1-12-9-13(2)11-15(10-12)19-22-23-20(25-19)27-14(3)18(24)21-16-7-5-6-8-17(16)26-4/h5-11,14H,1-4H3,(H,21,24). The molecule has 1 aromatic heterocycles. The first-order chi connectivity index (χ1) is 13.0. The Bertz CT molecular complexity index is 936. The molecule has 1 heterocycles. The molecule has 5 nitrogen and oxygen atoms in total. The van der Waals surface area contributed by atoms with Crippen molar-refractivity contribution in [2.75, 3.05) is 11.6 Å². The summed E-state index contributed by atoms with van der Waals surface area (Å²) < 4.78 is 5.75. The fraction of sp³-hybridized carbons (Fsp3) is 0.250. The Morgan fingerprint density at radius 2 is 1.81 bits per heavy atom. The molecule has 1 unspecified atom stereocenters. The summed E-state index contributed by atoms with van der Waals surface area (Å²) in [5.74, 6) is 0.359. The fourth-order valence-electron chi connectivity index (χ4n) is 2.66. The molecule has 0 radical (unpaired) electrons. The molecule has 7 heteroatoms. The van der Waals surface area contributed by atoms with Gasteiger partial charge in [-0.3, -0.25) is 4.79 Å². The van der Waals surface area contributed by atoms with Crippen LogP contribution in [0.25, 0.3) is 11.5 Å². The van der Waals surface area contributed by atoms with E-state index in [0.29, 0.717) is 11.1 Å². The number of nitrogens with zero attached hydrogens (tertiary/aromatic N) is 2. The van der Waals surface area contributed by atoms with E-state index >= 15 is 0 Å². The third-order valence-corrected chi connectivity index (χ3v) is 5.62. The summed E-state index contributed by atoms with van der Waals surface area (Å²) in [7, 11) is 0. The number of thioether (sulfide) groups is 2. The van der Waals surface area contributed by atoms with Gasteiger partial charge in [-0.15, -0.1) is 22.0 Å². The lowest BCUT2D eigenvalue weighted by atomic mass is 10.1. The van der Waals surface area contributed by atoms with Crippen LogP contribution in [-0.4, -0.2) is 27.6 Å². The number of carbonyl (C=O) groups excluding carboxylic acids is 1. The van der Waals surface area contributed by atoms with Crippen LogP contribution in [-0.2, 0) is 4.79 Å². The molecule has 0 aliphatic carbocycles. The van der Waals surface area contributed by atoms with Gasteiger partial charge in [-0.1, -0.05) is 41.1 Å². The van der Waals surface area contributed by atoms with Crippen LogP contribution in [0.4, 0.5) is 5.69 Å². The predicted molar refractivity (Wildman–Crippen MR) is 111 cm³/mol. The molecule has 2 aromatic carbocycles. The third kappa shape index (κ3) is 4.93. The van der Waals surface area contributed by atoms with Crippen LogP contribution in [0.5, 0.6) is 0 Å². The molecule has 0 bridgehead atoms. The Morgan fingerprint density at radius 1 is 1.11 bits per heavy atom. The van der Waals surface area contributed by atoms with E-state index in [0.717, 1.165) is 27.3 Å². The number of carbonyl (C=O) groups is 1. The van der Waals surface area contributed by atoms with Crippen LogP contribution in [0.2, 0.25) is 0 Å². The maximum atomic E-state index is 12.5. The minimum atomic E-state index is -0.368. The molecule has 140 valence electrons. The largest absolute Gasteiger partial charge is 0.411 e. The third-order valence-electron chi connectivity index (χ3n) is 3.89. The summed E-state index contributed by atoms with van der Waals surface area (Å²) in [6, 6.07) is 13.8. The monoisotopic (exact) mass is 399 g/mol. The van der Waals surface area contributed by atoms with Crippen molar-refractivity contribution >= 4 is 35.1 Å². The number of benzene rings is 2. The van der Waals surface area contributed by atoms with Crippen molar-refractivity contribution < 1.29 is 9.21 Å². The van der Waals surface area contributed by atoms with Crippen LogP contribution < -0.4 is 5.32 Å². The zero-order valence-electron chi connectivity index (χ0n) is 15.6. The first-order valence-corrected chi connectivity index (χ1v) is 10.6. The summed E-state index contributed by atoms with van der Waals surface area (Å²) in [4.78, 5) is 13.5. The molecule has 1 atom stereocenters. The van der Waals surface area contributed by atoms with Crippen molar-refractivity contribution in [2.24, 2.45) is 0 Å². The highest BCUT2D eigenvalue weighted by Crippen LogP contribution is 2.29. The molecule has 0 aliphatic rings. The normalized spacial score (nSPS) is 12.0. The molecular weight excluding hydrogens is 378 g/mol. The quantitative estimate of drug-likeness (QED) is 0.575. The number of rotatable bonds is 6. The van der Waals surface area contributed by atoms with Crippen LogP contribution in [0.1, 0.15) is 18.1 Å². The van der Waals surface area contributed by atoms with Gasteiger partial charge < -0.3 is 9.73 Å². The average molecular weight is 400 g/mol. The second-order valence-electron chi connectivity index (χ2n) is 6.20. The highest BCUT2D eigenvalue weighted by atomic mass is 32.2. The molecule has 3 rings (SSSR count). The van der Waals surface area contributed by atoms with Gasteiger partial charge in [0, 0.05) is 10.5 Å². The van der Waals surface area contributed by atoms with Gasteiger partial charge in [0.05, 0.1) is 10.9 Å². The smallest absolute Gasteiger partial charge is 0.277 e. The van der Waals surface area contributed by atoms with Gasteiger partial charge in [-0.05, 0) is 51.3 Å². The van der Waals surface area contributed by atoms with Crippen molar-refractivity contribution in [3.8, 4) is 11.5 Å². The van der Waals surface area contributed by atoms with Gasteiger partial charge in [0.25, 0.3) is 5.22 Å². The maximum absolute atomic E-state index is 12.5. The molecule has 0 aliphatic heterocycles. The first kappa shape index (κ1) is 19.5. The van der Waals surface area contributed by atoms with E-state index in [-0.39, 0.29) is 11.2 Å². The maximum Gasteiger partial charge on any atom is 0.277 e. The second-order valence-corrected chi connectivity index (χ2v) is 8.34. The lowest BCUT2D eigenvalue weighted by Crippen LogP contribution is -2.22. The van der Waals surface area contributed by atoms with Gasteiger partial charge in [0.1, 0.15) is 0 Å². The molecule has 0 saturated carbocycles. The minimum Gasteiger partial charge on any atom is -0.411 e. The fourth-order valence-corrected chi connectivity index (χ4v) is 3.90. The number of aromatic nitrogens is 2. The van der Waals surface area contributed by atoms with E-state index in [9.17, 15) is 4.79 Å². The summed E-state index contributed by atoms with van der Waals surface area (Å²) >= 11 is 2.84. The topological polar surface area (TPSA) is 68.0 Å². The molecule has 0 saturated heterocycles. The molecule has 3 aromatic rings. The summed E-state index contributed by atoms with van der Waals surface area (Å²) in [6.07, 6.45) is 1.98. The van der Waals surface area contributed by atoms with Crippen molar-refractivity contribution in [3.63, 3.8) is 0 Å². The van der Waals surface area contributed by atoms with E-state index in [1.165, 1.54) is 11.8 Å². The van der Waals surface area contributed by atoms with Gasteiger partial charge in [0.15, 0.2) is 0 Å². The van der Waals surface area contributed by atoms with E-state index in [4.69, 9.17) is 4.42 Å². The number of anilines is 1. The van der Waals surface area contributed by atoms with Gasteiger partial charge in [0.2, 0.25) is 11.8 Å². The summed E-state index contributed by atoms with van der Waals surface area (Å²) in [5, 5.41) is 11.2. The van der Waals surface area contributed by atoms with Crippen LogP contribution >= 0.6 is 23.5 Å². The SMILES string of the molecule is CSc1ccccc1NC(=O)C(C)Sc1nnc(-c2cc(C)cc(C)c2)o1. The highest BCUT2D eigenvalue weighted by Gasteiger charge is 2.19. The lowest BCUT2D eigenvalue weighted by Gasteiger charge is -2.12. The first-order valence-electron chi connectivity index (χ1n) is 8.49. The van der Waals surface area contributed by atoms with Crippen LogP contribution in [0.3, 0.4) is 0 Å². The van der Waals surface area contributed by atoms with E-state index in [1.807, 2.05) is 63.4 Å². The van der Waals surface area contributed by atoms with Crippen LogP contribution in [0.15, 0.2) is 57.0 Å². The second kappa shape index (κ2) is 8.63. The van der Waals surface area contributed by atoms with E-state index in [1.54, 1.807) is 11.8 Å². The van der Waals surface area contributed by atoms with Gasteiger partial charge in [-0.25, -0.2) is 0 Å². The van der Waals surface area contributed by atoms with E-state index in [2.05, 4.69) is 21.6 Å². The number of hydrogen-bond donors (Lipinski definition) is 1. The Balaban J connectivity index is 1.68. The van der Waals surface area contributed by atoms with Gasteiger partial charge in [-0.2, -0.15) is 0 Å². The number of aryl methyl sites for hydroxylation is 2. The highest BCUT2D eigenvalue weighted by molar-refractivity contribution is 8.00. The van der Waals surface area contributed by atoms with Crippen molar-refractivity contribution in [3.05, 3.63) is 53.6 Å². The van der Waals surface area contributed by atoms with Crippen molar-refractivity contribution in [1.82, 2.24) is 10.2 Å². The van der Waals surface area contributed by atoms with E-state index < -0.39 is 0 Å². The minimum absolute atomic E-state index is 0.104. The molecule has 1 N–H and O–H groups in total. The molecule has 0 fully saturated rings. The Labute approximate surface area is 167 Å². The molecule has 27 heavy (non-hydrogen) atoms. The van der Waals surface area contributed by atoms with Crippen LogP contribution in [0, 0.1) is 13.8 Å². The summed E-state index contributed by atoms with van der Waals surface area (Å²) in [6.45, 7) is 5.88. The molecule has 0 spiro atoms. The van der Waals surface area contributed by atoms with Crippen molar-refractivity contribution in [2.45, 2.75) is 36.1 Å². The number of para-hydroxylation sites is 1. The zero-order chi connectivity index (χ0) is 19.4. The average Bonchev–Trinajstić information content (AvgIpc) is 3.10. The van der Waals surface area contributed by atoms with Crippen molar-refractivity contribution in [1.29, 1.82) is 0 Å².